The van der Waals surface area contributed by atoms with Crippen molar-refractivity contribution in [3.8, 4) is 0 Å². The quantitative estimate of drug-likeness (QED) is 0.663. The third-order valence-corrected chi connectivity index (χ3v) is 2.12. The van der Waals surface area contributed by atoms with Crippen LogP contribution >= 0.6 is 0 Å². The van der Waals surface area contributed by atoms with Crippen LogP contribution in [-0.2, 0) is 0 Å². The zero-order valence-corrected chi connectivity index (χ0v) is 9.14. The van der Waals surface area contributed by atoms with E-state index in [9.17, 15) is 5.11 Å². The van der Waals surface area contributed by atoms with E-state index in [4.69, 9.17) is 5.11 Å². The summed E-state index contributed by atoms with van der Waals surface area (Å²) in [4.78, 5) is 2.01. The van der Waals surface area contributed by atoms with E-state index < -0.39 is 6.10 Å². The molecular formula is C11H18N2O2. The molecule has 84 valence electrons. The van der Waals surface area contributed by atoms with Gasteiger partial charge in [-0.15, -0.1) is 0 Å². The number of hydrogen-bond donors (Lipinski definition) is 3. The molecule has 3 N–H and O–H groups in total. The molecule has 0 aliphatic rings. The van der Waals surface area contributed by atoms with Gasteiger partial charge in [-0.25, -0.2) is 0 Å². The van der Waals surface area contributed by atoms with Crippen LogP contribution in [0.25, 0.3) is 0 Å². The summed E-state index contributed by atoms with van der Waals surface area (Å²) in [6.07, 6.45) is -0.715. The smallest absolute Gasteiger partial charge is 0.0942 e. The van der Waals surface area contributed by atoms with E-state index in [0.29, 0.717) is 6.54 Å². The standard InChI is InChI=1S/C11H18N2O2/c1-13(2)10-5-3-4-9(6-10)12-7-11(15)8-14/h3-6,11-12,14-15H,7-8H2,1-2H3/t11-/m0/s1. The molecule has 0 aliphatic heterocycles. The van der Waals surface area contributed by atoms with Crippen molar-refractivity contribution in [3.63, 3.8) is 0 Å². The van der Waals surface area contributed by atoms with Crippen molar-refractivity contribution in [3.05, 3.63) is 24.3 Å². The topological polar surface area (TPSA) is 55.7 Å². The lowest BCUT2D eigenvalue weighted by atomic mass is 10.2. The highest BCUT2D eigenvalue weighted by molar-refractivity contribution is 5.57. The Morgan fingerprint density at radius 2 is 2.13 bits per heavy atom. The summed E-state index contributed by atoms with van der Waals surface area (Å²) in [6.45, 7) is 0.133. The van der Waals surface area contributed by atoms with E-state index in [-0.39, 0.29) is 6.61 Å². The van der Waals surface area contributed by atoms with Gasteiger partial charge < -0.3 is 20.4 Å². The highest BCUT2D eigenvalue weighted by Gasteiger charge is 2.02. The third kappa shape index (κ3) is 3.77. The minimum atomic E-state index is -0.715. The molecule has 1 aromatic carbocycles. The van der Waals surface area contributed by atoms with Crippen LogP contribution in [0.2, 0.25) is 0 Å². The van der Waals surface area contributed by atoms with Gasteiger partial charge in [-0.3, -0.25) is 0 Å². The molecule has 0 spiro atoms. The highest BCUT2D eigenvalue weighted by atomic mass is 16.3. The number of anilines is 2. The monoisotopic (exact) mass is 210 g/mol. The van der Waals surface area contributed by atoms with Gasteiger partial charge in [0.25, 0.3) is 0 Å². The van der Waals surface area contributed by atoms with Crippen molar-refractivity contribution >= 4 is 11.4 Å². The first-order valence-corrected chi connectivity index (χ1v) is 4.93. The van der Waals surface area contributed by atoms with Gasteiger partial charge in [0.15, 0.2) is 0 Å². The Hall–Kier alpha value is -1.26. The lowest BCUT2D eigenvalue weighted by Crippen LogP contribution is -2.23. The summed E-state index contributed by atoms with van der Waals surface area (Å²) in [5, 5.41) is 20.9. The number of aliphatic hydroxyl groups is 2. The number of benzene rings is 1. The Labute approximate surface area is 90.2 Å². The Balaban J connectivity index is 2.58. The Bertz CT molecular complexity index is 302. The molecule has 0 saturated heterocycles. The maximum absolute atomic E-state index is 9.17. The van der Waals surface area contributed by atoms with Crippen molar-refractivity contribution in [2.75, 3.05) is 37.5 Å². The molecule has 1 rings (SSSR count). The molecule has 1 atom stereocenters. The van der Waals surface area contributed by atoms with Crippen LogP contribution < -0.4 is 10.2 Å². The molecule has 4 nitrogen and oxygen atoms in total. The normalized spacial score (nSPS) is 12.3. The second-order valence-corrected chi connectivity index (χ2v) is 3.66. The fraction of sp³-hybridized carbons (Fsp3) is 0.455. The number of nitrogens with zero attached hydrogens (tertiary/aromatic N) is 1. The Kier molecular flexibility index (Phi) is 4.39. The van der Waals surface area contributed by atoms with Crippen LogP contribution in [0.5, 0.6) is 0 Å². The predicted molar refractivity (Wildman–Crippen MR) is 62.4 cm³/mol. The zero-order valence-electron chi connectivity index (χ0n) is 9.14. The van der Waals surface area contributed by atoms with Gasteiger partial charge >= 0.3 is 0 Å². The van der Waals surface area contributed by atoms with Gasteiger partial charge in [0.2, 0.25) is 0 Å². The summed E-state index contributed by atoms with van der Waals surface area (Å²) < 4.78 is 0. The molecule has 0 saturated carbocycles. The lowest BCUT2D eigenvalue weighted by molar-refractivity contribution is 0.105. The summed E-state index contributed by atoms with van der Waals surface area (Å²) in [5.74, 6) is 0. The molecule has 0 heterocycles. The van der Waals surface area contributed by atoms with E-state index >= 15 is 0 Å². The van der Waals surface area contributed by atoms with Crippen molar-refractivity contribution in [1.82, 2.24) is 0 Å². The van der Waals surface area contributed by atoms with Crippen LogP contribution in [0.1, 0.15) is 0 Å². The van der Waals surface area contributed by atoms with Crippen molar-refractivity contribution in [2.45, 2.75) is 6.10 Å². The molecule has 0 unspecified atom stereocenters. The second-order valence-electron chi connectivity index (χ2n) is 3.66. The summed E-state index contributed by atoms with van der Waals surface area (Å²) >= 11 is 0. The number of rotatable bonds is 5. The van der Waals surface area contributed by atoms with Crippen LogP contribution in [0.4, 0.5) is 11.4 Å². The van der Waals surface area contributed by atoms with E-state index in [0.717, 1.165) is 11.4 Å². The van der Waals surface area contributed by atoms with Crippen LogP contribution in [0.3, 0.4) is 0 Å². The molecule has 0 aliphatic carbocycles. The molecule has 15 heavy (non-hydrogen) atoms. The molecule has 0 radical (unpaired) electrons. The molecule has 1 aromatic rings. The summed E-state index contributed by atoms with van der Waals surface area (Å²) in [7, 11) is 3.95. The van der Waals surface area contributed by atoms with Gasteiger partial charge in [0, 0.05) is 32.0 Å². The molecular weight excluding hydrogens is 192 g/mol. The number of nitrogens with one attached hydrogen (secondary N) is 1. The maximum Gasteiger partial charge on any atom is 0.0942 e. The second kappa shape index (κ2) is 5.58. The largest absolute Gasteiger partial charge is 0.394 e. The zero-order chi connectivity index (χ0) is 11.3. The fourth-order valence-electron chi connectivity index (χ4n) is 1.19. The van der Waals surface area contributed by atoms with Crippen molar-refractivity contribution < 1.29 is 10.2 Å². The van der Waals surface area contributed by atoms with Gasteiger partial charge in [-0.1, -0.05) is 6.07 Å². The summed E-state index contributed by atoms with van der Waals surface area (Å²) in [6, 6.07) is 7.87. The van der Waals surface area contributed by atoms with Gasteiger partial charge in [-0.2, -0.15) is 0 Å². The fourth-order valence-corrected chi connectivity index (χ4v) is 1.19. The van der Waals surface area contributed by atoms with Crippen molar-refractivity contribution in [1.29, 1.82) is 0 Å². The Morgan fingerprint density at radius 1 is 1.40 bits per heavy atom. The average molecular weight is 210 g/mol. The number of aliphatic hydroxyl groups excluding tert-OH is 2. The van der Waals surface area contributed by atoms with E-state index in [1.165, 1.54) is 0 Å². The molecule has 0 amide bonds. The van der Waals surface area contributed by atoms with Gasteiger partial charge in [-0.05, 0) is 18.2 Å². The highest BCUT2D eigenvalue weighted by Crippen LogP contribution is 2.16. The molecule has 0 aromatic heterocycles. The molecule has 0 fully saturated rings. The van der Waals surface area contributed by atoms with E-state index in [1.54, 1.807) is 0 Å². The minimum absolute atomic E-state index is 0.222. The van der Waals surface area contributed by atoms with E-state index in [2.05, 4.69) is 5.32 Å². The SMILES string of the molecule is CN(C)c1cccc(NC[C@H](O)CO)c1. The first-order chi connectivity index (χ1) is 7.13. The maximum atomic E-state index is 9.17. The Morgan fingerprint density at radius 3 is 2.73 bits per heavy atom. The summed E-state index contributed by atoms with van der Waals surface area (Å²) in [5.41, 5.74) is 2.03. The van der Waals surface area contributed by atoms with Gasteiger partial charge in [0.1, 0.15) is 0 Å². The number of hydrogen-bond acceptors (Lipinski definition) is 4. The molecule has 0 bridgehead atoms. The first kappa shape index (κ1) is 11.8. The minimum Gasteiger partial charge on any atom is -0.394 e. The van der Waals surface area contributed by atoms with E-state index in [1.807, 2.05) is 43.3 Å². The van der Waals surface area contributed by atoms with Crippen LogP contribution in [0, 0.1) is 0 Å². The van der Waals surface area contributed by atoms with Crippen LogP contribution in [0.15, 0.2) is 24.3 Å². The van der Waals surface area contributed by atoms with Crippen LogP contribution in [-0.4, -0.2) is 43.6 Å². The van der Waals surface area contributed by atoms with Gasteiger partial charge in [0.05, 0.1) is 12.7 Å². The average Bonchev–Trinajstić information content (AvgIpc) is 2.26. The lowest BCUT2D eigenvalue weighted by Gasteiger charge is -2.15. The van der Waals surface area contributed by atoms with Crippen molar-refractivity contribution in [2.24, 2.45) is 0 Å². The molecule has 4 heteroatoms. The third-order valence-electron chi connectivity index (χ3n) is 2.12. The predicted octanol–water partition coefficient (Wildman–Crippen LogP) is 0.518. The first-order valence-electron chi connectivity index (χ1n) is 4.93.